The van der Waals surface area contributed by atoms with E-state index in [1.165, 1.54) is 0 Å². The zero-order chi connectivity index (χ0) is 25.1. The highest BCUT2D eigenvalue weighted by Gasteiger charge is 2.20. The third-order valence-corrected chi connectivity index (χ3v) is 6.48. The van der Waals surface area contributed by atoms with Crippen molar-refractivity contribution in [2.75, 3.05) is 56.7 Å². The van der Waals surface area contributed by atoms with Gasteiger partial charge in [0.05, 0.1) is 43.1 Å². The Morgan fingerprint density at radius 3 is 2.69 bits per heavy atom. The number of benzene rings is 1. The Kier molecular flexibility index (Phi) is 6.99. The molecular formula is C26H31N7O3. The summed E-state index contributed by atoms with van der Waals surface area (Å²) in [5, 5.41) is 22.1. The van der Waals surface area contributed by atoms with Crippen LogP contribution in [0.25, 0.3) is 17.0 Å². The van der Waals surface area contributed by atoms with Crippen LogP contribution in [0.1, 0.15) is 5.56 Å². The third kappa shape index (κ3) is 4.97. The number of hydrogen-bond donors (Lipinski definition) is 3. The molecule has 1 atom stereocenters. The lowest BCUT2D eigenvalue weighted by Crippen LogP contribution is -2.49. The lowest BCUT2D eigenvalue weighted by molar-refractivity contribution is 0.0575. The molecule has 0 spiro atoms. The summed E-state index contributed by atoms with van der Waals surface area (Å²) in [6.07, 6.45) is 4.91. The number of anilines is 3. The van der Waals surface area contributed by atoms with Crippen LogP contribution in [0.3, 0.4) is 0 Å². The molecule has 5 rings (SSSR count). The number of imidazole rings is 1. The third-order valence-electron chi connectivity index (χ3n) is 6.48. The second-order valence-electron chi connectivity index (χ2n) is 8.93. The number of nitrogens with one attached hydrogen (secondary N) is 1. The highest BCUT2D eigenvalue weighted by molar-refractivity contribution is 5.70. The van der Waals surface area contributed by atoms with E-state index in [1.54, 1.807) is 13.3 Å². The topological polar surface area (TPSA) is 111 Å². The van der Waals surface area contributed by atoms with Crippen LogP contribution in [-0.4, -0.2) is 87.0 Å². The van der Waals surface area contributed by atoms with Crippen molar-refractivity contribution in [3.63, 3.8) is 0 Å². The molecular weight excluding hydrogens is 458 g/mol. The zero-order valence-electron chi connectivity index (χ0n) is 20.5. The van der Waals surface area contributed by atoms with Crippen molar-refractivity contribution in [2.24, 2.45) is 0 Å². The maximum absolute atomic E-state index is 9.70. The predicted octanol–water partition coefficient (Wildman–Crippen LogP) is 2.33. The molecule has 36 heavy (non-hydrogen) atoms. The van der Waals surface area contributed by atoms with Gasteiger partial charge in [-0.3, -0.25) is 9.30 Å². The molecule has 4 heterocycles. The average molecular weight is 490 g/mol. The number of pyridine rings is 1. The number of rotatable bonds is 8. The molecule has 0 bridgehead atoms. The molecule has 10 nitrogen and oxygen atoms in total. The van der Waals surface area contributed by atoms with Gasteiger partial charge >= 0.3 is 0 Å². The van der Waals surface area contributed by atoms with Crippen LogP contribution < -0.4 is 15.0 Å². The smallest absolute Gasteiger partial charge is 0.227 e. The van der Waals surface area contributed by atoms with E-state index in [-0.39, 0.29) is 6.61 Å². The first kappa shape index (κ1) is 24.0. The van der Waals surface area contributed by atoms with Crippen molar-refractivity contribution in [1.29, 1.82) is 0 Å². The molecule has 1 aliphatic heterocycles. The summed E-state index contributed by atoms with van der Waals surface area (Å²) in [6, 6.07) is 11.9. The van der Waals surface area contributed by atoms with Gasteiger partial charge in [0.15, 0.2) is 0 Å². The van der Waals surface area contributed by atoms with Gasteiger partial charge in [-0.25, -0.2) is 15.0 Å². The summed E-state index contributed by atoms with van der Waals surface area (Å²) >= 11 is 0. The van der Waals surface area contributed by atoms with Crippen LogP contribution in [-0.2, 0) is 0 Å². The molecule has 0 amide bonds. The maximum Gasteiger partial charge on any atom is 0.227 e. The van der Waals surface area contributed by atoms with Crippen LogP contribution in [0.2, 0.25) is 0 Å². The quantitative estimate of drug-likeness (QED) is 0.343. The summed E-state index contributed by atoms with van der Waals surface area (Å²) in [4.78, 5) is 18.2. The Morgan fingerprint density at radius 1 is 1.08 bits per heavy atom. The van der Waals surface area contributed by atoms with Gasteiger partial charge in [0.25, 0.3) is 0 Å². The van der Waals surface area contributed by atoms with Crippen molar-refractivity contribution < 1.29 is 14.9 Å². The van der Waals surface area contributed by atoms with E-state index in [0.717, 1.165) is 60.2 Å². The Balaban J connectivity index is 1.33. The number of aryl methyl sites for hydroxylation is 1. The number of aliphatic hydroxyl groups is 2. The fraction of sp³-hybridized carbons (Fsp3) is 0.346. The van der Waals surface area contributed by atoms with Crippen molar-refractivity contribution in [3.8, 4) is 17.1 Å². The molecule has 10 heteroatoms. The Morgan fingerprint density at radius 2 is 1.92 bits per heavy atom. The second-order valence-corrected chi connectivity index (χ2v) is 8.93. The molecule has 1 saturated heterocycles. The first-order valence-electron chi connectivity index (χ1n) is 12.0. The number of ether oxygens (including phenoxy) is 1. The number of piperazine rings is 1. The Hall–Kier alpha value is -3.73. The molecule has 3 aromatic heterocycles. The largest absolute Gasteiger partial charge is 0.494 e. The number of nitrogens with zero attached hydrogens (tertiary/aromatic N) is 6. The first-order chi connectivity index (χ1) is 17.6. The molecule has 1 aromatic carbocycles. The van der Waals surface area contributed by atoms with Gasteiger partial charge in [-0.15, -0.1) is 0 Å². The monoisotopic (exact) mass is 489 g/mol. The van der Waals surface area contributed by atoms with Gasteiger partial charge in [0.1, 0.15) is 11.4 Å². The zero-order valence-corrected chi connectivity index (χ0v) is 20.5. The molecule has 0 unspecified atom stereocenters. The highest BCUT2D eigenvalue weighted by Crippen LogP contribution is 2.32. The summed E-state index contributed by atoms with van der Waals surface area (Å²) in [5.74, 6) is 1.18. The summed E-state index contributed by atoms with van der Waals surface area (Å²) in [6.45, 7) is 5.57. The molecule has 4 aromatic rings. The Labute approximate surface area is 209 Å². The summed E-state index contributed by atoms with van der Waals surface area (Å²) < 4.78 is 7.70. The fourth-order valence-electron chi connectivity index (χ4n) is 4.51. The van der Waals surface area contributed by atoms with E-state index in [4.69, 9.17) is 14.8 Å². The van der Waals surface area contributed by atoms with Crippen LogP contribution in [0, 0.1) is 6.92 Å². The van der Waals surface area contributed by atoms with E-state index < -0.39 is 6.10 Å². The summed E-state index contributed by atoms with van der Waals surface area (Å²) in [5.41, 5.74) is 5.38. The van der Waals surface area contributed by atoms with Gasteiger partial charge in [-0.2, -0.15) is 0 Å². The average Bonchev–Trinajstić information content (AvgIpc) is 3.34. The standard InChI is InChI=1S/C26H31N7O3/c1-18-14-28-26(30-25(18)22-15-27-24-5-3-4-8-33(22)24)29-21-7-6-19(13-23(21)36-2)32-11-9-31(10-12-32)16-20(35)17-34/h3-8,13-15,20,34-35H,9-12,16-17H2,1-2H3,(H,28,29,30)/t20-/m1/s1. The minimum Gasteiger partial charge on any atom is -0.494 e. The lowest BCUT2D eigenvalue weighted by Gasteiger charge is -2.36. The lowest BCUT2D eigenvalue weighted by atomic mass is 10.2. The number of aliphatic hydroxyl groups excluding tert-OH is 2. The van der Waals surface area contributed by atoms with Gasteiger partial charge < -0.3 is 25.2 Å². The van der Waals surface area contributed by atoms with Gasteiger partial charge in [-0.1, -0.05) is 6.07 Å². The number of hydrogen-bond acceptors (Lipinski definition) is 9. The number of β-amino-alcohol motifs (C(OH)–C–C–N with tert-alkyl or cyclic N) is 1. The minimum absolute atomic E-state index is 0.211. The molecule has 0 radical (unpaired) electrons. The minimum atomic E-state index is -0.695. The highest BCUT2D eigenvalue weighted by atomic mass is 16.5. The SMILES string of the molecule is COc1cc(N2CCN(C[C@@H](O)CO)CC2)ccc1Nc1ncc(C)c(-c2cnc3ccccn23)n1. The number of aromatic nitrogens is 4. The molecule has 0 saturated carbocycles. The normalized spacial score (nSPS) is 15.3. The van der Waals surface area contributed by atoms with Crippen molar-refractivity contribution in [3.05, 3.63) is 60.6 Å². The first-order valence-corrected chi connectivity index (χ1v) is 12.0. The van der Waals surface area contributed by atoms with Crippen LogP contribution in [0.4, 0.5) is 17.3 Å². The number of methoxy groups -OCH3 is 1. The van der Waals surface area contributed by atoms with E-state index >= 15 is 0 Å². The summed E-state index contributed by atoms with van der Waals surface area (Å²) in [7, 11) is 1.65. The maximum atomic E-state index is 9.70. The van der Waals surface area contributed by atoms with Crippen LogP contribution in [0.15, 0.2) is 55.0 Å². The molecule has 3 N–H and O–H groups in total. The van der Waals surface area contributed by atoms with Gasteiger partial charge in [0.2, 0.25) is 5.95 Å². The molecule has 0 aliphatic carbocycles. The van der Waals surface area contributed by atoms with Crippen molar-refractivity contribution in [1.82, 2.24) is 24.3 Å². The molecule has 1 aliphatic rings. The van der Waals surface area contributed by atoms with E-state index in [0.29, 0.717) is 18.2 Å². The Bertz CT molecular complexity index is 1330. The predicted molar refractivity (Wildman–Crippen MR) is 139 cm³/mol. The molecule has 188 valence electrons. The van der Waals surface area contributed by atoms with E-state index in [1.807, 2.05) is 54.0 Å². The van der Waals surface area contributed by atoms with Crippen molar-refractivity contribution in [2.45, 2.75) is 13.0 Å². The van der Waals surface area contributed by atoms with E-state index in [9.17, 15) is 5.11 Å². The van der Waals surface area contributed by atoms with E-state index in [2.05, 4.69) is 31.2 Å². The van der Waals surface area contributed by atoms with Crippen molar-refractivity contribution >= 4 is 23.0 Å². The van der Waals surface area contributed by atoms with Crippen LogP contribution >= 0.6 is 0 Å². The fourth-order valence-corrected chi connectivity index (χ4v) is 4.51. The molecule has 1 fully saturated rings. The number of fused-ring (bicyclic) bond motifs is 1. The van der Waals surface area contributed by atoms with Gasteiger partial charge in [0, 0.05) is 56.9 Å². The second kappa shape index (κ2) is 10.5. The van der Waals surface area contributed by atoms with Gasteiger partial charge in [-0.05, 0) is 36.8 Å². The van der Waals surface area contributed by atoms with Crippen LogP contribution in [0.5, 0.6) is 5.75 Å².